The van der Waals surface area contributed by atoms with Gasteiger partial charge in [-0.15, -0.1) is 0 Å². The number of benzene rings is 1. The molecule has 1 heterocycles. The van der Waals surface area contributed by atoms with Gasteiger partial charge in [-0.25, -0.2) is 0 Å². The molecule has 0 spiro atoms. The third-order valence-electron chi connectivity index (χ3n) is 4.36. The Bertz CT molecular complexity index is 720. The Morgan fingerprint density at radius 1 is 1.19 bits per heavy atom. The van der Waals surface area contributed by atoms with E-state index in [-0.39, 0.29) is 5.91 Å². The van der Waals surface area contributed by atoms with Crippen molar-refractivity contribution >= 4 is 17.7 Å². The zero-order valence-electron chi connectivity index (χ0n) is 16.6. The summed E-state index contributed by atoms with van der Waals surface area (Å²) in [5.41, 5.74) is 5.76. The molecule has 0 unspecified atom stereocenters. The second-order valence-corrected chi connectivity index (χ2v) is 8.40. The average Bonchev–Trinajstić information content (AvgIpc) is 2.83. The molecule has 2 rings (SSSR count). The van der Waals surface area contributed by atoms with Crippen LogP contribution in [0.15, 0.2) is 24.3 Å². The lowest BCUT2D eigenvalue weighted by atomic mass is 10.1. The first-order valence-electron chi connectivity index (χ1n) is 9.29. The van der Waals surface area contributed by atoms with E-state index in [0.29, 0.717) is 18.9 Å². The third-order valence-corrected chi connectivity index (χ3v) is 5.39. The normalized spacial score (nSPS) is 11.2. The van der Waals surface area contributed by atoms with Crippen LogP contribution in [0.25, 0.3) is 0 Å². The van der Waals surface area contributed by atoms with E-state index in [2.05, 4.69) is 62.4 Å². The van der Waals surface area contributed by atoms with Gasteiger partial charge in [-0.05, 0) is 32.3 Å². The molecular formula is C21H31N3OS. The number of hydrogen-bond donors (Lipinski definition) is 1. The van der Waals surface area contributed by atoms with E-state index >= 15 is 0 Å². The molecule has 26 heavy (non-hydrogen) atoms. The Kier molecular flexibility index (Phi) is 7.76. The highest BCUT2D eigenvalue weighted by Gasteiger charge is 2.15. The number of carbonyl (C=O) groups excluding carboxylic acids is 1. The van der Waals surface area contributed by atoms with Gasteiger partial charge in [0.1, 0.15) is 0 Å². The van der Waals surface area contributed by atoms with E-state index in [9.17, 15) is 4.79 Å². The molecule has 2 aromatic rings. The highest BCUT2D eigenvalue weighted by atomic mass is 32.2. The highest BCUT2D eigenvalue weighted by Crippen LogP contribution is 2.16. The lowest BCUT2D eigenvalue weighted by molar-refractivity contribution is -0.120. The van der Waals surface area contributed by atoms with Gasteiger partial charge >= 0.3 is 0 Å². The van der Waals surface area contributed by atoms with Gasteiger partial charge in [-0.2, -0.15) is 16.9 Å². The number of hydrogen-bond acceptors (Lipinski definition) is 3. The van der Waals surface area contributed by atoms with Gasteiger partial charge in [0.25, 0.3) is 0 Å². The van der Waals surface area contributed by atoms with Crippen molar-refractivity contribution in [3.05, 3.63) is 52.3 Å². The molecule has 0 aliphatic rings. The molecule has 4 nitrogen and oxygen atoms in total. The minimum atomic E-state index is 0.0798. The molecule has 0 atom stereocenters. The van der Waals surface area contributed by atoms with Crippen LogP contribution in [-0.2, 0) is 23.5 Å². The van der Waals surface area contributed by atoms with Crippen molar-refractivity contribution in [2.75, 3.05) is 12.3 Å². The number of nitrogens with zero attached hydrogens (tertiary/aromatic N) is 2. The summed E-state index contributed by atoms with van der Waals surface area (Å²) in [5, 5.41) is 7.62. The predicted octanol–water partition coefficient (Wildman–Crippen LogP) is 4.06. The molecule has 0 fully saturated rings. The number of thioether (sulfide) groups is 1. The van der Waals surface area contributed by atoms with E-state index in [1.165, 1.54) is 11.1 Å². The van der Waals surface area contributed by atoms with Gasteiger partial charge in [0.2, 0.25) is 5.91 Å². The van der Waals surface area contributed by atoms with Crippen molar-refractivity contribution in [2.24, 2.45) is 5.92 Å². The van der Waals surface area contributed by atoms with Crippen molar-refractivity contribution in [2.45, 2.75) is 53.3 Å². The van der Waals surface area contributed by atoms with Crippen LogP contribution in [0.1, 0.15) is 41.9 Å². The van der Waals surface area contributed by atoms with Crippen LogP contribution in [-0.4, -0.2) is 28.0 Å². The van der Waals surface area contributed by atoms with Gasteiger partial charge in [0.15, 0.2) is 0 Å². The summed E-state index contributed by atoms with van der Waals surface area (Å²) in [4.78, 5) is 12.3. The molecule has 0 aliphatic heterocycles. The highest BCUT2D eigenvalue weighted by molar-refractivity contribution is 7.98. The lowest BCUT2D eigenvalue weighted by Crippen LogP contribution is -2.27. The van der Waals surface area contributed by atoms with Crippen molar-refractivity contribution in [1.82, 2.24) is 15.1 Å². The van der Waals surface area contributed by atoms with Crippen LogP contribution in [0, 0.1) is 26.7 Å². The van der Waals surface area contributed by atoms with Crippen molar-refractivity contribution in [1.29, 1.82) is 0 Å². The van der Waals surface area contributed by atoms with Crippen LogP contribution in [0.2, 0.25) is 0 Å². The second kappa shape index (κ2) is 9.81. The van der Waals surface area contributed by atoms with Gasteiger partial charge in [-0.1, -0.05) is 43.7 Å². The quantitative estimate of drug-likeness (QED) is 0.674. The van der Waals surface area contributed by atoms with Crippen LogP contribution < -0.4 is 5.32 Å². The summed E-state index contributed by atoms with van der Waals surface area (Å²) in [6.45, 7) is 12.1. The fourth-order valence-corrected chi connectivity index (χ4v) is 3.69. The molecule has 5 heteroatoms. The predicted molar refractivity (Wildman–Crippen MR) is 111 cm³/mol. The summed E-state index contributed by atoms with van der Waals surface area (Å²) in [5.74, 6) is 2.53. The Labute approximate surface area is 161 Å². The molecule has 1 N–H and O–H groups in total. The van der Waals surface area contributed by atoms with E-state index in [1.807, 2.05) is 23.4 Å². The molecule has 0 saturated heterocycles. The number of carbonyl (C=O) groups is 1. The molecule has 0 saturated carbocycles. The number of amides is 1. The van der Waals surface area contributed by atoms with E-state index in [0.717, 1.165) is 35.0 Å². The zero-order valence-corrected chi connectivity index (χ0v) is 17.4. The first-order valence-corrected chi connectivity index (χ1v) is 10.4. The largest absolute Gasteiger partial charge is 0.355 e. The maximum absolute atomic E-state index is 12.3. The first kappa shape index (κ1) is 20.6. The van der Waals surface area contributed by atoms with Crippen molar-refractivity contribution < 1.29 is 4.79 Å². The van der Waals surface area contributed by atoms with Crippen LogP contribution in [0.4, 0.5) is 0 Å². The molecule has 142 valence electrons. The van der Waals surface area contributed by atoms with Crippen LogP contribution in [0.3, 0.4) is 0 Å². The topological polar surface area (TPSA) is 46.9 Å². The monoisotopic (exact) mass is 373 g/mol. The number of nitrogens with one attached hydrogen (secondary N) is 1. The molecule has 0 bridgehead atoms. The molecule has 0 radical (unpaired) electrons. The molecule has 0 aliphatic carbocycles. The van der Waals surface area contributed by atoms with Crippen molar-refractivity contribution in [3.8, 4) is 0 Å². The summed E-state index contributed by atoms with van der Waals surface area (Å²) in [6.07, 6.45) is 0.415. The Balaban J connectivity index is 1.73. The standard InChI is InChI=1S/C21H31N3OS/c1-15(2)13-24-18(5)20(17(4)23-24)12-21(25)22-10-11-26-14-19-8-6-16(3)7-9-19/h6-9,15H,10-14H2,1-5H3,(H,22,25). The van der Waals surface area contributed by atoms with E-state index in [1.54, 1.807) is 0 Å². The SMILES string of the molecule is Cc1ccc(CSCCNC(=O)Cc2c(C)nn(CC(C)C)c2C)cc1. The van der Waals surface area contributed by atoms with Gasteiger partial charge in [-0.3, -0.25) is 9.48 Å². The number of aromatic nitrogens is 2. The van der Waals surface area contributed by atoms with Gasteiger partial charge in [0.05, 0.1) is 12.1 Å². The maximum atomic E-state index is 12.3. The minimum absolute atomic E-state index is 0.0798. The molecule has 1 amide bonds. The molecule has 1 aromatic heterocycles. The fourth-order valence-electron chi connectivity index (χ4n) is 2.87. The molecular weight excluding hydrogens is 342 g/mol. The Morgan fingerprint density at radius 2 is 1.88 bits per heavy atom. The summed E-state index contributed by atoms with van der Waals surface area (Å²) >= 11 is 1.85. The first-order chi connectivity index (χ1) is 12.4. The average molecular weight is 374 g/mol. The Hall–Kier alpha value is -1.75. The van der Waals surface area contributed by atoms with E-state index < -0.39 is 0 Å². The maximum Gasteiger partial charge on any atom is 0.224 e. The molecule has 1 aromatic carbocycles. The summed E-state index contributed by atoms with van der Waals surface area (Å²) < 4.78 is 2.03. The Morgan fingerprint density at radius 3 is 2.54 bits per heavy atom. The second-order valence-electron chi connectivity index (χ2n) is 7.29. The van der Waals surface area contributed by atoms with E-state index in [4.69, 9.17) is 0 Å². The smallest absolute Gasteiger partial charge is 0.224 e. The summed E-state index contributed by atoms with van der Waals surface area (Å²) in [7, 11) is 0. The number of aryl methyl sites for hydroxylation is 2. The lowest BCUT2D eigenvalue weighted by Gasteiger charge is -2.08. The third kappa shape index (κ3) is 6.20. The minimum Gasteiger partial charge on any atom is -0.355 e. The van der Waals surface area contributed by atoms with Crippen molar-refractivity contribution in [3.63, 3.8) is 0 Å². The van der Waals surface area contributed by atoms with Gasteiger partial charge < -0.3 is 5.32 Å². The fraction of sp³-hybridized carbons (Fsp3) is 0.524. The van der Waals surface area contributed by atoms with Gasteiger partial charge in [0, 0.05) is 35.9 Å². The summed E-state index contributed by atoms with van der Waals surface area (Å²) in [6, 6.07) is 8.62. The number of rotatable bonds is 9. The zero-order chi connectivity index (χ0) is 19.1. The van der Waals surface area contributed by atoms with Crippen LogP contribution in [0.5, 0.6) is 0 Å². The van der Waals surface area contributed by atoms with Crippen LogP contribution >= 0.6 is 11.8 Å².